The van der Waals surface area contributed by atoms with E-state index in [0.29, 0.717) is 18.9 Å². The fourth-order valence-corrected chi connectivity index (χ4v) is 2.85. The molecule has 2 aromatic rings. The zero-order valence-electron chi connectivity index (χ0n) is 14.1. The second kappa shape index (κ2) is 9.88. The summed E-state index contributed by atoms with van der Waals surface area (Å²) in [5.41, 5.74) is 2.38. The number of carbonyl (C=O) groups is 1. The van der Waals surface area contributed by atoms with E-state index in [-0.39, 0.29) is 5.91 Å². The van der Waals surface area contributed by atoms with Crippen LogP contribution in [0.1, 0.15) is 11.1 Å². The quantitative estimate of drug-likeness (QED) is 0.707. The zero-order chi connectivity index (χ0) is 17.2. The lowest BCUT2D eigenvalue weighted by Crippen LogP contribution is -2.29. The van der Waals surface area contributed by atoms with Crippen molar-refractivity contribution in [3.63, 3.8) is 0 Å². The second-order valence-corrected chi connectivity index (χ2v) is 6.34. The molecule has 0 atom stereocenters. The highest BCUT2D eigenvalue weighted by Gasteiger charge is 2.02. The Bertz CT molecular complexity index is 626. The van der Waals surface area contributed by atoms with Gasteiger partial charge in [0, 0.05) is 5.75 Å². The lowest BCUT2D eigenvalue weighted by Gasteiger charge is -2.08. The van der Waals surface area contributed by atoms with Gasteiger partial charge in [-0.2, -0.15) is 0 Å². The molecular weight excluding hydrogens is 322 g/mol. The predicted octanol–water partition coefficient (Wildman–Crippen LogP) is 3.43. The molecule has 0 unspecified atom stereocenters. The summed E-state index contributed by atoms with van der Waals surface area (Å²) in [5.74, 6) is 2.94. The van der Waals surface area contributed by atoms with Gasteiger partial charge in [0.15, 0.2) is 0 Å². The molecule has 0 aliphatic heterocycles. The minimum Gasteiger partial charge on any atom is -0.497 e. The van der Waals surface area contributed by atoms with Gasteiger partial charge < -0.3 is 14.8 Å². The first-order valence-corrected chi connectivity index (χ1v) is 8.99. The summed E-state index contributed by atoms with van der Waals surface area (Å²) in [6.07, 6.45) is 0. The summed E-state index contributed by atoms with van der Waals surface area (Å²) in [6, 6.07) is 15.8. The summed E-state index contributed by atoms with van der Waals surface area (Å²) < 4.78 is 10.7. The number of carbonyl (C=O) groups excluding carboxylic acids is 1. The molecule has 0 saturated heterocycles. The fourth-order valence-electron chi connectivity index (χ4n) is 2.03. The number of benzene rings is 2. The Morgan fingerprint density at radius 1 is 1.04 bits per heavy atom. The maximum atomic E-state index is 11.8. The van der Waals surface area contributed by atoms with Crippen molar-refractivity contribution in [1.82, 2.24) is 5.32 Å². The smallest absolute Gasteiger partial charge is 0.230 e. The van der Waals surface area contributed by atoms with Crippen molar-refractivity contribution in [1.29, 1.82) is 0 Å². The number of aryl methyl sites for hydroxylation is 1. The number of nitrogens with one attached hydrogen (secondary N) is 1. The molecule has 0 aliphatic rings. The first-order valence-electron chi connectivity index (χ1n) is 7.84. The van der Waals surface area contributed by atoms with Gasteiger partial charge in [-0.25, -0.2) is 0 Å². The third kappa shape index (κ3) is 6.54. The van der Waals surface area contributed by atoms with Crippen LogP contribution in [-0.4, -0.2) is 31.9 Å². The Hall–Kier alpha value is -2.14. The summed E-state index contributed by atoms with van der Waals surface area (Å²) in [5, 5.41) is 2.86. The Balaban J connectivity index is 1.56. The number of ether oxygens (including phenoxy) is 2. The van der Waals surface area contributed by atoms with Crippen LogP contribution in [0, 0.1) is 6.92 Å². The van der Waals surface area contributed by atoms with Crippen molar-refractivity contribution in [2.75, 3.05) is 26.0 Å². The van der Waals surface area contributed by atoms with E-state index in [9.17, 15) is 4.79 Å². The molecule has 0 spiro atoms. The van der Waals surface area contributed by atoms with Crippen LogP contribution in [-0.2, 0) is 10.5 Å². The third-order valence-corrected chi connectivity index (χ3v) is 4.38. The maximum absolute atomic E-state index is 11.8. The summed E-state index contributed by atoms with van der Waals surface area (Å²) in [6.45, 7) is 3.02. The van der Waals surface area contributed by atoms with Crippen LogP contribution in [0.25, 0.3) is 0 Å². The number of rotatable bonds is 9. The lowest BCUT2D eigenvalue weighted by molar-refractivity contribution is -0.118. The number of amides is 1. The molecule has 24 heavy (non-hydrogen) atoms. The molecule has 1 N–H and O–H groups in total. The van der Waals surface area contributed by atoms with Crippen molar-refractivity contribution in [3.8, 4) is 11.5 Å². The molecule has 0 bridgehead atoms. The highest BCUT2D eigenvalue weighted by Crippen LogP contribution is 2.16. The van der Waals surface area contributed by atoms with Crippen LogP contribution in [0.5, 0.6) is 11.5 Å². The minimum atomic E-state index is 0.0287. The molecule has 0 saturated carbocycles. The van der Waals surface area contributed by atoms with Gasteiger partial charge in [-0.3, -0.25) is 4.79 Å². The highest BCUT2D eigenvalue weighted by molar-refractivity contribution is 7.99. The SMILES string of the molecule is COc1ccc(CSCC(=O)NCCOc2ccc(C)cc2)cc1. The highest BCUT2D eigenvalue weighted by atomic mass is 32.2. The monoisotopic (exact) mass is 345 g/mol. The number of thioether (sulfide) groups is 1. The van der Waals surface area contributed by atoms with Gasteiger partial charge >= 0.3 is 0 Å². The van der Waals surface area contributed by atoms with Gasteiger partial charge in [0.2, 0.25) is 5.91 Å². The molecule has 2 rings (SSSR count). The molecule has 1 amide bonds. The van der Waals surface area contributed by atoms with Crippen molar-refractivity contribution in [2.24, 2.45) is 0 Å². The topological polar surface area (TPSA) is 47.6 Å². The molecule has 0 fully saturated rings. The average molecular weight is 345 g/mol. The van der Waals surface area contributed by atoms with Gasteiger partial charge in [0.25, 0.3) is 0 Å². The Labute approximate surface area is 147 Å². The van der Waals surface area contributed by atoms with Crippen LogP contribution < -0.4 is 14.8 Å². The van der Waals surface area contributed by atoms with E-state index < -0.39 is 0 Å². The Morgan fingerprint density at radius 3 is 2.38 bits per heavy atom. The molecule has 2 aromatic carbocycles. The van der Waals surface area contributed by atoms with Crippen molar-refractivity contribution in [2.45, 2.75) is 12.7 Å². The first kappa shape index (κ1) is 18.2. The zero-order valence-corrected chi connectivity index (χ0v) is 14.9. The van der Waals surface area contributed by atoms with E-state index in [2.05, 4.69) is 5.32 Å². The van der Waals surface area contributed by atoms with E-state index >= 15 is 0 Å². The van der Waals surface area contributed by atoms with Gasteiger partial charge in [0.1, 0.15) is 18.1 Å². The Morgan fingerprint density at radius 2 is 1.71 bits per heavy atom. The van der Waals surface area contributed by atoms with E-state index in [0.717, 1.165) is 17.3 Å². The Kier molecular flexibility index (Phi) is 7.49. The fraction of sp³-hybridized carbons (Fsp3) is 0.316. The minimum absolute atomic E-state index is 0.0287. The molecule has 5 heteroatoms. The third-order valence-electron chi connectivity index (χ3n) is 3.37. The molecule has 0 heterocycles. The second-order valence-electron chi connectivity index (χ2n) is 5.35. The van der Waals surface area contributed by atoms with Crippen LogP contribution >= 0.6 is 11.8 Å². The lowest BCUT2D eigenvalue weighted by atomic mass is 10.2. The molecule has 0 aliphatic carbocycles. The molecular formula is C19H23NO3S. The maximum Gasteiger partial charge on any atom is 0.230 e. The van der Waals surface area contributed by atoms with Crippen molar-refractivity contribution in [3.05, 3.63) is 59.7 Å². The first-order chi connectivity index (χ1) is 11.7. The van der Waals surface area contributed by atoms with E-state index in [1.807, 2.05) is 55.5 Å². The molecule has 128 valence electrons. The van der Waals surface area contributed by atoms with Crippen LogP contribution in [0.4, 0.5) is 0 Å². The van der Waals surface area contributed by atoms with Gasteiger partial charge in [-0.15, -0.1) is 11.8 Å². The van der Waals surface area contributed by atoms with E-state index in [4.69, 9.17) is 9.47 Å². The summed E-state index contributed by atoms with van der Waals surface area (Å²) in [7, 11) is 1.65. The average Bonchev–Trinajstić information content (AvgIpc) is 2.61. The summed E-state index contributed by atoms with van der Waals surface area (Å²) in [4.78, 5) is 11.8. The standard InChI is InChI=1S/C19H23NO3S/c1-15-3-7-18(8-4-15)23-12-11-20-19(21)14-24-13-16-5-9-17(22-2)10-6-16/h3-10H,11-14H2,1-2H3,(H,20,21). The van der Waals surface area contributed by atoms with Crippen LogP contribution in [0.3, 0.4) is 0 Å². The van der Waals surface area contributed by atoms with Crippen LogP contribution in [0.15, 0.2) is 48.5 Å². The molecule has 4 nitrogen and oxygen atoms in total. The molecule has 0 radical (unpaired) electrons. The van der Waals surface area contributed by atoms with Gasteiger partial charge in [-0.1, -0.05) is 29.8 Å². The predicted molar refractivity (Wildman–Crippen MR) is 98.8 cm³/mol. The number of hydrogen-bond donors (Lipinski definition) is 1. The normalized spacial score (nSPS) is 10.2. The number of hydrogen-bond acceptors (Lipinski definition) is 4. The summed E-state index contributed by atoms with van der Waals surface area (Å²) >= 11 is 1.59. The van der Waals surface area contributed by atoms with Crippen molar-refractivity contribution < 1.29 is 14.3 Å². The van der Waals surface area contributed by atoms with Gasteiger partial charge in [0.05, 0.1) is 19.4 Å². The van der Waals surface area contributed by atoms with E-state index in [1.54, 1.807) is 18.9 Å². The van der Waals surface area contributed by atoms with Gasteiger partial charge in [-0.05, 0) is 36.8 Å². The largest absolute Gasteiger partial charge is 0.497 e. The van der Waals surface area contributed by atoms with Crippen LogP contribution in [0.2, 0.25) is 0 Å². The van der Waals surface area contributed by atoms with E-state index in [1.165, 1.54) is 11.1 Å². The van der Waals surface area contributed by atoms with Crippen molar-refractivity contribution >= 4 is 17.7 Å². The molecule has 0 aromatic heterocycles. The number of methoxy groups -OCH3 is 1.